The van der Waals surface area contributed by atoms with Crippen LogP contribution in [-0.4, -0.2) is 39.5 Å². The van der Waals surface area contributed by atoms with E-state index in [4.69, 9.17) is 0 Å². The minimum atomic E-state index is -4.35. The number of H-pyrrole nitrogens is 1. The smallest absolute Gasteiger partial charge is 0.358 e. The monoisotopic (exact) mass is 528 g/mol. The van der Waals surface area contributed by atoms with Crippen LogP contribution in [0.15, 0.2) is 42.5 Å². The Kier molecular flexibility index (Phi) is 7.76. The first-order valence-electron chi connectivity index (χ1n) is 12.8. The van der Waals surface area contributed by atoms with Gasteiger partial charge in [-0.25, -0.2) is 0 Å². The Balaban J connectivity index is 1.27. The third kappa shape index (κ3) is 6.48. The van der Waals surface area contributed by atoms with Gasteiger partial charge in [0.15, 0.2) is 0 Å². The zero-order chi connectivity index (χ0) is 25.8. The molecule has 2 heterocycles. The summed E-state index contributed by atoms with van der Waals surface area (Å²) < 4.78 is 39.8. The standard InChI is InChI=1S/C27H31F3N6S/c1-17-23-14-20(10-11-24(23)34-33-17)25-35-36-26(37-25)32-16-22(31-15-18-6-3-2-4-7-18)13-19-8-5-9-21(12-19)27(28,29)30/h5,8-12,14,18,22,31H,2-4,6-7,13,15-16H2,1H3,(H,32,36)(H,33,34). The molecule has 2 aromatic carbocycles. The summed E-state index contributed by atoms with van der Waals surface area (Å²) >= 11 is 1.46. The molecule has 1 unspecified atom stereocenters. The molecule has 10 heteroatoms. The molecule has 0 spiro atoms. The van der Waals surface area contributed by atoms with Gasteiger partial charge in [-0.1, -0.05) is 48.8 Å². The average molecular weight is 529 g/mol. The molecule has 6 nitrogen and oxygen atoms in total. The molecule has 1 fully saturated rings. The van der Waals surface area contributed by atoms with Crippen molar-refractivity contribution in [1.82, 2.24) is 25.7 Å². The zero-order valence-corrected chi connectivity index (χ0v) is 21.6. The number of anilines is 1. The fraction of sp³-hybridized carbons (Fsp3) is 0.444. The SMILES string of the molecule is Cc1[nH]nc2ccc(-c3nnc(NCC(Cc4cccc(C(F)(F)F)c4)NCC4CCCCC4)s3)cc12. The third-order valence-corrected chi connectivity index (χ3v) is 8.00. The van der Waals surface area contributed by atoms with Crippen molar-refractivity contribution in [3.63, 3.8) is 0 Å². The first-order valence-corrected chi connectivity index (χ1v) is 13.6. The van der Waals surface area contributed by atoms with Crippen molar-refractivity contribution in [1.29, 1.82) is 0 Å². The Labute approximate surface area is 218 Å². The van der Waals surface area contributed by atoms with Crippen molar-refractivity contribution in [2.24, 2.45) is 5.92 Å². The molecule has 1 saturated carbocycles. The van der Waals surface area contributed by atoms with Gasteiger partial charge in [0.1, 0.15) is 5.01 Å². The van der Waals surface area contributed by atoms with Crippen molar-refractivity contribution < 1.29 is 13.2 Å². The number of nitrogens with zero attached hydrogens (tertiary/aromatic N) is 3. The van der Waals surface area contributed by atoms with Gasteiger partial charge in [-0.2, -0.15) is 18.3 Å². The molecule has 0 saturated heterocycles. The van der Waals surface area contributed by atoms with Gasteiger partial charge in [0.2, 0.25) is 5.13 Å². The van der Waals surface area contributed by atoms with Gasteiger partial charge in [-0.15, -0.1) is 10.2 Å². The van der Waals surface area contributed by atoms with E-state index < -0.39 is 11.7 Å². The van der Waals surface area contributed by atoms with Crippen LogP contribution in [0.25, 0.3) is 21.5 Å². The number of aromatic amines is 1. The van der Waals surface area contributed by atoms with Gasteiger partial charge >= 0.3 is 6.18 Å². The second-order valence-corrected chi connectivity index (χ2v) is 10.9. The van der Waals surface area contributed by atoms with E-state index >= 15 is 0 Å². The maximum atomic E-state index is 13.3. The molecule has 5 rings (SSSR count). The number of hydrogen-bond donors (Lipinski definition) is 3. The summed E-state index contributed by atoms with van der Waals surface area (Å²) in [5.41, 5.74) is 2.94. The van der Waals surface area contributed by atoms with E-state index in [1.807, 2.05) is 19.1 Å². The molecule has 2 aromatic heterocycles. The van der Waals surface area contributed by atoms with E-state index in [2.05, 4.69) is 37.1 Å². The Morgan fingerprint density at radius 1 is 1.08 bits per heavy atom. The maximum absolute atomic E-state index is 13.3. The van der Waals surface area contributed by atoms with E-state index in [1.165, 1.54) is 55.6 Å². The molecule has 1 atom stereocenters. The van der Waals surface area contributed by atoms with Gasteiger partial charge in [0.25, 0.3) is 0 Å². The molecule has 0 bridgehead atoms. The van der Waals surface area contributed by atoms with Crippen molar-refractivity contribution in [2.75, 3.05) is 18.4 Å². The largest absolute Gasteiger partial charge is 0.416 e. The number of aryl methyl sites for hydroxylation is 1. The molecular weight excluding hydrogens is 497 g/mol. The number of aromatic nitrogens is 4. The summed E-state index contributed by atoms with van der Waals surface area (Å²) in [7, 11) is 0. The van der Waals surface area contributed by atoms with Crippen molar-refractivity contribution in [3.05, 3.63) is 59.3 Å². The number of halogens is 3. The second kappa shape index (κ2) is 11.2. The quantitative estimate of drug-likeness (QED) is 0.228. The molecular formula is C27H31F3N6S. The lowest BCUT2D eigenvalue weighted by Gasteiger charge is -2.26. The van der Waals surface area contributed by atoms with Crippen LogP contribution in [0.5, 0.6) is 0 Å². The summed E-state index contributed by atoms with van der Waals surface area (Å²) in [6, 6.07) is 11.6. The third-order valence-electron chi connectivity index (χ3n) is 7.07. The minimum Gasteiger partial charge on any atom is -0.358 e. The van der Waals surface area contributed by atoms with Crippen LogP contribution < -0.4 is 10.6 Å². The molecule has 0 aliphatic heterocycles. The van der Waals surface area contributed by atoms with Crippen molar-refractivity contribution >= 4 is 27.4 Å². The Morgan fingerprint density at radius 2 is 1.92 bits per heavy atom. The predicted molar refractivity (Wildman–Crippen MR) is 142 cm³/mol. The lowest BCUT2D eigenvalue weighted by Crippen LogP contribution is -2.40. The summed E-state index contributed by atoms with van der Waals surface area (Å²) in [4.78, 5) is 0. The molecule has 37 heavy (non-hydrogen) atoms. The highest BCUT2D eigenvalue weighted by molar-refractivity contribution is 7.18. The number of nitrogens with one attached hydrogen (secondary N) is 3. The van der Waals surface area contributed by atoms with E-state index in [0.717, 1.165) is 39.8 Å². The second-order valence-electron chi connectivity index (χ2n) is 9.89. The highest BCUT2D eigenvalue weighted by atomic mass is 32.1. The van der Waals surface area contributed by atoms with Gasteiger partial charge < -0.3 is 10.6 Å². The van der Waals surface area contributed by atoms with Crippen LogP contribution in [0.2, 0.25) is 0 Å². The summed E-state index contributed by atoms with van der Waals surface area (Å²) in [6.45, 7) is 3.39. The van der Waals surface area contributed by atoms with E-state index in [-0.39, 0.29) is 6.04 Å². The summed E-state index contributed by atoms with van der Waals surface area (Å²) in [5.74, 6) is 0.618. The lowest BCUT2D eigenvalue weighted by molar-refractivity contribution is -0.137. The van der Waals surface area contributed by atoms with E-state index in [1.54, 1.807) is 6.07 Å². The molecule has 0 amide bonds. The fourth-order valence-electron chi connectivity index (χ4n) is 4.99. The van der Waals surface area contributed by atoms with E-state index in [0.29, 0.717) is 29.6 Å². The zero-order valence-electron chi connectivity index (χ0n) is 20.7. The number of alkyl halides is 3. The number of fused-ring (bicyclic) bond motifs is 1. The van der Waals surface area contributed by atoms with Gasteiger partial charge in [-0.3, -0.25) is 5.10 Å². The molecule has 0 radical (unpaired) electrons. The predicted octanol–water partition coefficient (Wildman–Crippen LogP) is 6.60. The maximum Gasteiger partial charge on any atom is 0.416 e. The van der Waals surface area contributed by atoms with Gasteiger partial charge in [0, 0.05) is 29.2 Å². The highest BCUT2D eigenvalue weighted by Crippen LogP contribution is 2.31. The normalized spacial score (nSPS) is 15.8. The van der Waals surface area contributed by atoms with Crippen LogP contribution in [0.4, 0.5) is 18.3 Å². The van der Waals surface area contributed by atoms with Gasteiger partial charge in [-0.05, 0) is 68.5 Å². The summed E-state index contributed by atoms with van der Waals surface area (Å²) in [6.07, 6.45) is 2.35. The number of benzene rings is 2. The van der Waals surface area contributed by atoms with Crippen LogP contribution in [-0.2, 0) is 12.6 Å². The molecule has 1 aliphatic rings. The van der Waals surface area contributed by atoms with E-state index in [9.17, 15) is 13.2 Å². The van der Waals surface area contributed by atoms with Crippen LogP contribution in [0.3, 0.4) is 0 Å². The van der Waals surface area contributed by atoms with Gasteiger partial charge in [0.05, 0.1) is 11.1 Å². The number of rotatable bonds is 9. The molecule has 196 valence electrons. The van der Waals surface area contributed by atoms with Crippen LogP contribution in [0, 0.1) is 12.8 Å². The first-order chi connectivity index (χ1) is 17.8. The lowest BCUT2D eigenvalue weighted by atomic mass is 9.89. The highest BCUT2D eigenvalue weighted by Gasteiger charge is 2.30. The van der Waals surface area contributed by atoms with Crippen molar-refractivity contribution in [3.8, 4) is 10.6 Å². The molecule has 1 aliphatic carbocycles. The minimum absolute atomic E-state index is 0.0392. The van der Waals surface area contributed by atoms with Crippen molar-refractivity contribution in [2.45, 2.75) is 57.7 Å². The first kappa shape index (κ1) is 25.7. The van der Waals surface area contributed by atoms with Crippen LogP contribution >= 0.6 is 11.3 Å². The fourth-order valence-corrected chi connectivity index (χ4v) is 5.74. The molecule has 4 aromatic rings. The van der Waals surface area contributed by atoms with Crippen LogP contribution in [0.1, 0.15) is 48.9 Å². The average Bonchev–Trinajstić information content (AvgIpc) is 3.52. The number of hydrogen-bond acceptors (Lipinski definition) is 6. The Morgan fingerprint density at radius 3 is 2.73 bits per heavy atom. The topological polar surface area (TPSA) is 78.5 Å². The Bertz CT molecular complexity index is 1330. The summed E-state index contributed by atoms with van der Waals surface area (Å²) in [5, 5.41) is 25.5. The Hall–Kier alpha value is -2.98. The molecule has 3 N–H and O–H groups in total.